The normalized spacial score (nSPS) is 23.0. The molecule has 0 fully saturated rings. The largest absolute Gasteiger partial charge is 0.493 e. The molecule has 0 amide bonds. The van der Waals surface area contributed by atoms with Crippen molar-refractivity contribution in [1.82, 2.24) is 4.90 Å². The lowest BCUT2D eigenvalue weighted by Gasteiger charge is -2.44. The van der Waals surface area contributed by atoms with Gasteiger partial charge in [0.25, 0.3) is 0 Å². The highest BCUT2D eigenvalue weighted by Gasteiger charge is 2.41. The molecule has 2 atom stereocenters. The summed E-state index contributed by atoms with van der Waals surface area (Å²) in [5.41, 5.74) is 4.24. The van der Waals surface area contributed by atoms with E-state index in [1.54, 1.807) is 14.2 Å². The summed E-state index contributed by atoms with van der Waals surface area (Å²) in [5.74, 6) is 2.96. The highest BCUT2D eigenvalue weighted by Crippen LogP contribution is 2.50. The molecular weight excluding hydrogens is 334 g/mol. The lowest BCUT2D eigenvalue weighted by Crippen LogP contribution is -2.41. The molecule has 136 valence electrons. The Labute approximate surface area is 151 Å². The van der Waals surface area contributed by atoms with Crippen molar-refractivity contribution in [3.63, 3.8) is 0 Å². The van der Waals surface area contributed by atoms with Gasteiger partial charge >= 0.3 is 0 Å². The van der Waals surface area contributed by atoms with Crippen LogP contribution in [-0.4, -0.2) is 37.6 Å². The average molecular weight is 355 g/mol. The Morgan fingerprint density at radius 3 is 2.65 bits per heavy atom. The molecule has 2 aromatic carbocycles. The zero-order valence-electron chi connectivity index (χ0n) is 14.8. The molecule has 2 aromatic rings. The van der Waals surface area contributed by atoms with Crippen LogP contribution >= 0.6 is 0 Å². The summed E-state index contributed by atoms with van der Waals surface area (Å²) in [4.78, 5) is 2.31. The van der Waals surface area contributed by atoms with E-state index in [4.69, 9.17) is 18.9 Å². The van der Waals surface area contributed by atoms with Crippen molar-refractivity contribution in [2.24, 2.45) is 0 Å². The van der Waals surface area contributed by atoms with Crippen LogP contribution in [0, 0.1) is 0 Å². The van der Waals surface area contributed by atoms with Crippen molar-refractivity contribution in [3.8, 4) is 23.0 Å². The highest BCUT2D eigenvalue weighted by molar-refractivity contribution is 5.56. The molecular formula is C20H21NO5. The second kappa shape index (κ2) is 5.79. The number of hydrogen-bond acceptors (Lipinski definition) is 6. The molecule has 3 aliphatic heterocycles. The molecule has 0 saturated carbocycles. The van der Waals surface area contributed by atoms with Gasteiger partial charge in [-0.2, -0.15) is 0 Å². The molecule has 26 heavy (non-hydrogen) atoms. The van der Waals surface area contributed by atoms with Gasteiger partial charge in [-0.1, -0.05) is 6.07 Å². The average Bonchev–Trinajstić information content (AvgIpc) is 3.12. The summed E-state index contributed by atoms with van der Waals surface area (Å²) in [6.07, 6.45) is 0.273. The monoisotopic (exact) mass is 355 g/mol. The predicted octanol–water partition coefficient (Wildman–Crippen LogP) is 2.58. The quantitative estimate of drug-likeness (QED) is 0.894. The lowest BCUT2D eigenvalue weighted by atomic mass is 9.81. The number of aliphatic hydroxyl groups is 1. The third kappa shape index (κ3) is 2.12. The molecule has 6 nitrogen and oxygen atoms in total. The Morgan fingerprint density at radius 2 is 1.88 bits per heavy atom. The third-order valence-electron chi connectivity index (χ3n) is 5.68. The first-order chi connectivity index (χ1) is 12.7. The van der Waals surface area contributed by atoms with Crippen molar-refractivity contribution in [2.75, 3.05) is 27.6 Å². The molecule has 1 N–H and O–H groups in total. The van der Waals surface area contributed by atoms with Gasteiger partial charge in [-0.05, 0) is 41.3 Å². The summed E-state index contributed by atoms with van der Waals surface area (Å²) in [5, 5.41) is 11.2. The molecule has 0 radical (unpaired) electrons. The first kappa shape index (κ1) is 15.8. The summed E-state index contributed by atoms with van der Waals surface area (Å²) >= 11 is 0. The number of hydrogen-bond donors (Lipinski definition) is 1. The number of aliphatic hydroxyl groups excluding tert-OH is 1. The minimum absolute atomic E-state index is 0.0983. The zero-order chi connectivity index (χ0) is 17.8. The van der Waals surface area contributed by atoms with Crippen molar-refractivity contribution < 1.29 is 24.1 Å². The van der Waals surface area contributed by atoms with E-state index >= 15 is 0 Å². The van der Waals surface area contributed by atoms with Crippen LogP contribution in [0.25, 0.3) is 0 Å². The zero-order valence-corrected chi connectivity index (χ0v) is 14.8. The summed E-state index contributed by atoms with van der Waals surface area (Å²) in [6.45, 7) is 1.84. The lowest BCUT2D eigenvalue weighted by molar-refractivity contribution is 0.0195. The number of rotatable bonds is 2. The van der Waals surface area contributed by atoms with Crippen LogP contribution in [0.1, 0.15) is 34.4 Å². The Bertz CT molecular complexity index is 881. The summed E-state index contributed by atoms with van der Waals surface area (Å²) in [6, 6.07) is 7.80. The van der Waals surface area contributed by atoms with E-state index in [1.165, 1.54) is 5.56 Å². The molecule has 3 heterocycles. The molecule has 0 spiro atoms. The van der Waals surface area contributed by atoms with E-state index < -0.39 is 6.10 Å². The van der Waals surface area contributed by atoms with Crippen molar-refractivity contribution in [3.05, 3.63) is 46.5 Å². The Morgan fingerprint density at radius 1 is 1.08 bits per heavy atom. The predicted molar refractivity (Wildman–Crippen MR) is 93.9 cm³/mol. The Balaban J connectivity index is 1.62. The Hall–Kier alpha value is -2.44. The van der Waals surface area contributed by atoms with Gasteiger partial charge in [0, 0.05) is 18.7 Å². The van der Waals surface area contributed by atoms with Crippen LogP contribution in [0.5, 0.6) is 23.0 Å². The second-order valence-corrected chi connectivity index (χ2v) is 6.88. The van der Waals surface area contributed by atoms with Crippen LogP contribution in [0.4, 0.5) is 0 Å². The fraction of sp³-hybridized carbons (Fsp3) is 0.400. The first-order valence-corrected chi connectivity index (χ1v) is 8.79. The molecule has 2 unspecified atom stereocenters. The van der Waals surface area contributed by atoms with Crippen LogP contribution < -0.4 is 18.9 Å². The van der Waals surface area contributed by atoms with Crippen molar-refractivity contribution >= 4 is 0 Å². The fourth-order valence-electron chi connectivity index (χ4n) is 4.46. The maximum absolute atomic E-state index is 11.2. The van der Waals surface area contributed by atoms with Gasteiger partial charge in [0.1, 0.15) is 0 Å². The topological polar surface area (TPSA) is 60.4 Å². The number of nitrogens with zero attached hydrogens (tertiary/aromatic N) is 1. The second-order valence-electron chi connectivity index (χ2n) is 6.88. The maximum atomic E-state index is 11.2. The molecule has 0 aliphatic carbocycles. The van der Waals surface area contributed by atoms with Crippen molar-refractivity contribution in [2.45, 2.75) is 25.1 Å². The van der Waals surface area contributed by atoms with Crippen LogP contribution in [0.2, 0.25) is 0 Å². The van der Waals surface area contributed by atoms with E-state index in [0.717, 1.165) is 41.2 Å². The van der Waals surface area contributed by atoms with E-state index in [0.29, 0.717) is 18.0 Å². The molecule has 6 heteroatoms. The Kier molecular flexibility index (Phi) is 3.52. The van der Waals surface area contributed by atoms with Crippen LogP contribution in [-0.2, 0) is 13.0 Å². The van der Waals surface area contributed by atoms with E-state index in [9.17, 15) is 5.11 Å². The summed E-state index contributed by atoms with van der Waals surface area (Å²) in [7, 11) is 3.27. The van der Waals surface area contributed by atoms with Gasteiger partial charge in [0.15, 0.2) is 23.0 Å². The highest BCUT2D eigenvalue weighted by atomic mass is 16.7. The van der Waals surface area contributed by atoms with Gasteiger partial charge < -0.3 is 24.1 Å². The minimum Gasteiger partial charge on any atom is -0.493 e. The smallest absolute Gasteiger partial charge is 0.231 e. The molecule has 5 rings (SSSR count). The van der Waals surface area contributed by atoms with Gasteiger partial charge in [0.05, 0.1) is 26.4 Å². The van der Waals surface area contributed by atoms with Crippen LogP contribution in [0.3, 0.4) is 0 Å². The maximum Gasteiger partial charge on any atom is 0.231 e. The van der Waals surface area contributed by atoms with E-state index in [2.05, 4.69) is 11.0 Å². The van der Waals surface area contributed by atoms with Gasteiger partial charge in [-0.25, -0.2) is 0 Å². The number of ether oxygens (including phenoxy) is 4. The first-order valence-electron chi connectivity index (χ1n) is 8.79. The molecule has 0 bridgehead atoms. The third-order valence-corrected chi connectivity index (χ3v) is 5.68. The minimum atomic E-state index is -0.641. The standard InChI is InChI=1S/C20H21NO5/c1-23-15-4-3-12-14(20(15)24-2)9-21-6-5-11-7-16-17(26-10-25-16)8-13(11)18(21)19(12)22/h3-4,7-8,18-19,22H,5-6,9-10H2,1-2H3. The number of benzene rings is 2. The molecule has 0 saturated heterocycles. The molecule has 0 aromatic heterocycles. The number of methoxy groups -OCH3 is 2. The fourth-order valence-corrected chi connectivity index (χ4v) is 4.46. The molecule has 3 aliphatic rings. The van der Waals surface area contributed by atoms with Gasteiger partial charge in [0.2, 0.25) is 6.79 Å². The van der Waals surface area contributed by atoms with Crippen molar-refractivity contribution in [1.29, 1.82) is 0 Å². The van der Waals surface area contributed by atoms with E-state index in [1.807, 2.05) is 18.2 Å². The van der Waals surface area contributed by atoms with Gasteiger partial charge in [-0.3, -0.25) is 4.90 Å². The SMILES string of the molecule is COc1ccc2c(c1OC)CN1CCc3cc4c(cc3C1C2O)OCO4. The van der Waals surface area contributed by atoms with Gasteiger partial charge in [-0.15, -0.1) is 0 Å². The number of fused-ring (bicyclic) bond motifs is 5. The van der Waals surface area contributed by atoms with E-state index in [-0.39, 0.29) is 12.8 Å². The van der Waals surface area contributed by atoms with Crippen LogP contribution in [0.15, 0.2) is 24.3 Å². The summed E-state index contributed by atoms with van der Waals surface area (Å²) < 4.78 is 22.1.